The Hall–Kier alpha value is -2.75. The summed E-state index contributed by atoms with van der Waals surface area (Å²) in [4.78, 5) is 14.9. The number of sulfone groups is 1. The first-order chi connectivity index (χ1) is 14.5. The van der Waals surface area contributed by atoms with Crippen molar-refractivity contribution in [1.82, 2.24) is 10.2 Å². The molecule has 2 heterocycles. The molecular weight excluding hydrogens is 409 g/mol. The summed E-state index contributed by atoms with van der Waals surface area (Å²) in [6, 6.07) is 11.7. The molecule has 0 aliphatic carbocycles. The van der Waals surface area contributed by atoms with Crippen molar-refractivity contribution in [3.63, 3.8) is 0 Å². The molecule has 2 aromatic carbocycles. The number of nitrogens with one attached hydrogen (secondary N) is 2. The van der Waals surface area contributed by atoms with E-state index in [0.29, 0.717) is 43.3 Å². The summed E-state index contributed by atoms with van der Waals surface area (Å²) in [5.74, 6) is -1.20. The van der Waals surface area contributed by atoms with Gasteiger partial charge in [-0.1, -0.05) is 18.2 Å². The van der Waals surface area contributed by atoms with Crippen LogP contribution >= 0.6 is 0 Å². The van der Waals surface area contributed by atoms with Crippen molar-refractivity contribution in [1.29, 1.82) is 0 Å². The third-order valence-electron chi connectivity index (χ3n) is 5.08. The molecular formula is C21H22FN3O4S. The Morgan fingerprint density at radius 2 is 1.77 bits per heavy atom. The number of rotatable bonds is 6. The molecule has 0 unspecified atom stereocenters. The van der Waals surface area contributed by atoms with Gasteiger partial charge in [-0.05, 0) is 30.3 Å². The van der Waals surface area contributed by atoms with Gasteiger partial charge < -0.3 is 15.4 Å². The van der Waals surface area contributed by atoms with Crippen LogP contribution in [-0.2, 0) is 19.4 Å². The average molecular weight is 431 g/mol. The molecule has 0 radical (unpaired) electrons. The summed E-state index contributed by atoms with van der Waals surface area (Å²) in [5.41, 5.74) is 1.08. The number of ether oxygens (including phenoxy) is 1. The highest BCUT2D eigenvalue weighted by atomic mass is 32.2. The van der Waals surface area contributed by atoms with Crippen LogP contribution in [-0.4, -0.2) is 58.6 Å². The lowest BCUT2D eigenvalue weighted by atomic mass is 10.1. The number of carbonyl (C=O) groups is 1. The van der Waals surface area contributed by atoms with E-state index >= 15 is 0 Å². The van der Waals surface area contributed by atoms with Crippen molar-refractivity contribution >= 4 is 27.1 Å². The molecule has 30 heavy (non-hydrogen) atoms. The highest BCUT2D eigenvalue weighted by Crippen LogP contribution is 2.38. The van der Waals surface area contributed by atoms with Gasteiger partial charge in [-0.2, -0.15) is 0 Å². The minimum atomic E-state index is -3.98. The van der Waals surface area contributed by atoms with Crippen LogP contribution in [0.2, 0.25) is 0 Å². The third-order valence-corrected chi connectivity index (χ3v) is 6.95. The number of halogens is 1. The van der Waals surface area contributed by atoms with E-state index in [1.165, 1.54) is 30.3 Å². The number of morpholine rings is 1. The van der Waals surface area contributed by atoms with E-state index in [1.807, 2.05) is 0 Å². The van der Waals surface area contributed by atoms with Gasteiger partial charge in [0.2, 0.25) is 9.84 Å². The largest absolute Gasteiger partial charge is 0.382 e. The molecule has 2 aliphatic heterocycles. The zero-order valence-electron chi connectivity index (χ0n) is 16.2. The Morgan fingerprint density at radius 1 is 1.07 bits per heavy atom. The number of fused-ring (bicyclic) bond motifs is 1. The highest BCUT2D eigenvalue weighted by molar-refractivity contribution is 7.97. The second-order valence-corrected chi connectivity index (χ2v) is 8.90. The van der Waals surface area contributed by atoms with Gasteiger partial charge >= 0.3 is 0 Å². The van der Waals surface area contributed by atoms with Crippen LogP contribution in [0.1, 0.15) is 5.56 Å². The fourth-order valence-corrected chi connectivity index (χ4v) is 5.25. The maximum Gasteiger partial charge on any atom is 0.269 e. The van der Waals surface area contributed by atoms with Gasteiger partial charge in [0.1, 0.15) is 5.82 Å². The van der Waals surface area contributed by atoms with Crippen molar-refractivity contribution in [3.8, 4) is 0 Å². The Bertz CT molecular complexity index is 1080. The molecule has 0 saturated carbocycles. The number of benzene rings is 2. The molecule has 1 fully saturated rings. The second-order valence-electron chi connectivity index (χ2n) is 7.05. The quantitative estimate of drug-likeness (QED) is 0.726. The predicted octanol–water partition coefficient (Wildman–Crippen LogP) is 1.84. The minimum absolute atomic E-state index is 0.100. The van der Waals surface area contributed by atoms with E-state index in [4.69, 9.17) is 4.74 Å². The molecule has 0 atom stereocenters. The third kappa shape index (κ3) is 4.09. The highest BCUT2D eigenvalue weighted by Gasteiger charge is 2.39. The van der Waals surface area contributed by atoms with Crippen LogP contribution < -0.4 is 10.6 Å². The van der Waals surface area contributed by atoms with Gasteiger partial charge in [0.25, 0.3) is 5.91 Å². The zero-order chi connectivity index (χ0) is 21.1. The van der Waals surface area contributed by atoms with Crippen molar-refractivity contribution in [2.45, 2.75) is 4.90 Å². The summed E-state index contributed by atoms with van der Waals surface area (Å²) in [6.07, 6.45) is 0. The van der Waals surface area contributed by atoms with Crippen LogP contribution in [0.15, 0.2) is 58.3 Å². The molecule has 1 amide bonds. The van der Waals surface area contributed by atoms with E-state index < -0.39 is 21.6 Å². The number of hydrogen-bond donors (Lipinski definition) is 2. The van der Waals surface area contributed by atoms with Gasteiger partial charge in [-0.15, -0.1) is 0 Å². The van der Waals surface area contributed by atoms with Crippen molar-refractivity contribution in [3.05, 3.63) is 64.8 Å². The molecule has 7 nitrogen and oxygen atoms in total. The summed E-state index contributed by atoms with van der Waals surface area (Å²) < 4.78 is 44.7. The molecule has 9 heteroatoms. The molecule has 4 rings (SSSR count). The molecule has 0 bridgehead atoms. The van der Waals surface area contributed by atoms with E-state index in [2.05, 4.69) is 15.5 Å². The fourth-order valence-electron chi connectivity index (χ4n) is 3.57. The van der Waals surface area contributed by atoms with Crippen LogP contribution in [0.3, 0.4) is 0 Å². The van der Waals surface area contributed by atoms with Gasteiger partial charge in [-0.25, -0.2) is 12.8 Å². The number of hydrogen-bond acceptors (Lipinski definition) is 6. The smallest absolute Gasteiger partial charge is 0.269 e. The second kappa shape index (κ2) is 8.55. The Kier molecular flexibility index (Phi) is 5.85. The molecule has 0 spiro atoms. The monoisotopic (exact) mass is 431 g/mol. The predicted molar refractivity (Wildman–Crippen MR) is 111 cm³/mol. The first-order valence-corrected chi connectivity index (χ1v) is 11.1. The standard InChI is InChI=1S/C21H22FN3O4S/c22-15-5-7-16(8-6-15)24-21(26)20-19(23-9-10-25-11-13-29-14-12-25)17-3-1-2-4-18(17)30(20,27)28/h1-8,23H,9-14H2,(H,24,26). The van der Waals surface area contributed by atoms with Crippen molar-refractivity contribution in [2.24, 2.45) is 0 Å². The maximum absolute atomic E-state index is 13.1. The first kappa shape index (κ1) is 20.5. The van der Waals surface area contributed by atoms with Crippen LogP contribution in [0.4, 0.5) is 10.1 Å². The number of amides is 1. The van der Waals surface area contributed by atoms with Crippen LogP contribution in [0.5, 0.6) is 0 Å². The topological polar surface area (TPSA) is 87.7 Å². The van der Waals surface area contributed by atoms with Crippen LogP contribution in [0.25, 0.3) is 5.70 Å². The van der Waals surface area contributed by atoms with Gasteiger partial charge in [-0.3, -0.25) is 9.69 Å². The molecule has 2 aromatic rings. The molecule has 0 aromatic heterocycles. The minimum Gasteiger partial charge on any atom is -0.382 e. The fraction of sp³-hybridized carbons (Fsp3) is 0.286. The average Bonchev–Trinajstić information content (AvgIpc) is 2.97. The lowest BCUT2D eigenvalue weighted by molar-refractivity contribution is -0.112. The molecule has 2 N–H and O–H groups in total. The van der Waals surface area contributed by atoms with Gasteiger partial charge in [0.05, 0.1) is 23.8 Å². The zero-order valence-corrected chi connectivity index (χ0v) is 17.0. The first-order valence-electron chi connectivity index (χ1n) is 9.66. The number of carbonyl (C=O) groups excluding carboxylic acids is 1. The SMILES string of the molecule is O=C(Nc1ccc(F)cc1)C1=C(NCCN2CCOCC2)c2ccccc2S1(=O)=O. The van der Waals surface area contributed by atoms with Gasteiger partial charge in [0, 0.05) is 37.4 Å². The van der Waals surface area contributed by atoms with E-state index in [1.54, 1.807) is 18.2 Å². The number of anilines is 1. The Morgan fingerprint density at radius 3 is 2.50 bits per heavy atom. The summed E-state index contributed by atoms with van der Waals surface area (Å²) in [7, 11) is -3.98. The molecule has 2 aliphatic rings. The van der Waals surface area contributed by atoms with E-state index in [9.17, 15) is 17.6 Å². The van der Waals surface area contributed by atoms with Crippen LogP contribution in [0, 0.1) is 5.82 Å². The van der Waals surface area contributed by atoms with Crippen molar-refractivity contribution in [2.75, 3.05) is 44.7 Å². The Labute approximate surface area is 174 Å². The summed E-state index contributed by atoms with van der Waals surface area (Å²) >= 11 is 0. The summed E-state index contributed by atoms with van der Waals surface area (Å²) in [5, 5.41) is 5.73. The van der Waals surface area contributed by atoms with Crippen molar-refractivity contribution < 1.29 is 22.3 Å². The number of nitrogens with zero attached hydrogens (tertiary/aromatic N) is 1. The molecule has 1 saturated heterocycles. The van der Waals surface area contributed by atoms with Gasteiger partial charge in [0.15, 0.2) is 4.91 Å². The van der Waals surface area contributed by atoms with E-state index in [-0.39, 0.29) is 9.80 Å². The summed E-state index contributed by atoms with van der Waals surface area (Å²) in [6.45, 7) is 4.14. The lowest BCUT2D eigenvalue weighted by Gasteiger charge is -2.26. The molecule has 158 valence electrons. The lowest BCUT2D eigenvalue weighted by Crippen LogP contribution is -2.40. The maximum atomic E-state index is 13.1. The van der Waals surface area contributed by atoms with E-state index in [0.717, 1.165) is 13.1 Å². The normalized spacial score (nSPS) is 18.2. The Balaban J connectivity index is 1.60.